The number of nitriles is 1. The minimum Gasteiger partial charge on any atom is -0.490 e. The maximum Gasteiger partial charge on any atom is 0.248 e. The number of carbonyl (C=O) groups is 1. The molecule has 2 aromatic carbocycles. The summed E-state index contributed by atoms with van der Waals surface area (Å²) < 4.78 is 6.06. The quantitative estimate of drug-likeness (QED) is 0.631. The second kappa shape index (κ2) is 9.02. The number of amides is 1. The summed E-state index contributed by atoms with van der Waals surface area (Å²) in [4.78, 5) is 16.8. The average Bonchev–Trinajstić information content (AvgIpc) is 3.18. The van der Waals surface area contributed by atoms with Crippen molar-refractivity contribution in [3.63, 3.8) is 0 Å². The maximum atomic E-state index is 11.1. The third-order valence-corrected chi connectivity index (χ3v) is 5.78. The summed E-state index contributed by atoms with van der Waals surface area (Å²) in [6.45, 7) is 3.14. The van der Waals surface area contributed by atoms with Gasteiger partial charge in [0.2, 0.25) is 5.91 Å². The molecule has 4 rings (SSSR count). The zero-order valence-electron chi connectivity index (χ0n) is 16.9. The van der Waals surface area contributed by atoms with Crippen LogP contribution in [-0.2, 0) is 6.42 Å². The number of aromatic amines is 1. The van der Waals surface area contributed by atoms with Crippen LogP contribution in [0, 0.1) is 11.3 Å². The summed E-state index contributed by atoms with van der Waals surface area (Å²) in [5.41, 5.74) is 8.80. The Labute approximate surface area is 176 Å². The molecule has 1 amide bonds. The molecule has 1 fully saturated rings. The van der Waals surface area contributed by atoms with Gasteiger partial charge in [0.1, 0.15) is 17.9 Å². The smallest absolute Gasteiger partial charge is 0.248 e. The van der Waals surface area contributed by atoms with Crippen LogP contribution < -0.4 is 10.5 Å². The fraction of sp³-hybridized carbons (Fsp3) is 0.333. The van der Waals surface area contributed by atoms with Crippen LogP contribution in [0.5, 0.6) is 5.75 Å². The number of nitrogens with zero attached hydrogens (tertiary/aromatic N) is 2. The summed E-state index contributed by atoms with van der Waals surface area (Å²) >= 11 is 0. The first-order valence-corrected chi connectivity index (χ1v) is 10.4. The van der Waals surface area contributed by atoms with Gasteiger partial charge in [-0.15, -0.1) is 0 Å². The van der Waals surface area contributed by atoms with Gasteiger partial charge in [0.05, 0.1) is 5.56 Å². The zero-order chi connectivity index (χ0) is 20.9. The lowest BCUT2D eigenvalue weighted by molar-refractivity contribution is 0.0993. The van der Waals surface area contributed by atoms with Crippen LogP contribution in [0.1, 0.15) is 40.7 Å². The lowest BCUT2D eigenvalue weighted by atomic mass is 10.0. The van der Waals surface area contributed by atoms with Crippen molar-refractivity contribution in [3.8, 4) is 11.8 Å². The number of piperidine rings is 1. The molecule has 2 heterocycles. The Bertz CT molecular complexity index is 1060. The molecule has 0 aliphatic carbocycles. The highest BCUT2D eigenvalue weighted by molar-refractivity contribution is 5.92. The summed E-state index contributed by atoms with van der Waals surface area (Å²) in [6, 6.07) is 15.6. The van der Waals surface area contributed by atoms with Gasteiger partial charge in [-0.3, -0.25) is 4.79 Å². The molecule has 0 atom stereocenters. The van der Waals surface area contributed by atoms with E-state index in [0.717, 1.165) is 62.0 Å². The Kier molecular flexibility index (Phi) is 6.01. The number of likely N-dealkylation sites (tertiary alicyclic amines) is 1. The number of aryl methyl sites for hydroxylation is 1. The summed E-state index contributed by atoms with van der Waals surface area (Å²) in [5, 5.41) is 10.1. The molecule has 0 bridgehead atoms. The van der Waals surface area contributed by atoms with Crippen LogP contribution in [-0.4, -0.2) is 41.5 Å². The van der Waals surface area contributed by atoms with Gasteiger partial charge in [-0.05, 0) is 68.1 Å². The number of carbonyl (C=O) groups excluding carboxylic acids is 1. The predicted octanol–water partition coefficient (Wildman–Crippen LogP) is 3.61. The lowest BCUT2D eigenvalue weighted by Crippen LogP contribution is -2.38. The van der Waals surface area contributed by atoms with Crippen molar-refractivity contribution in [2.45, 2.75) is 31.8 Å². The van der Waals surface area contributed by atoms with E-state index in [4.69, 9.17) is 15.7 Å². The van der Waals surface area contributed by atoms with Gasteiger partial charge < -0.3 is 20.4 Å². The molecular weight excluding hydrogens is 376 g/mol. The van der Waals surface area contributed by atoms with E-state index in [9.17, 15) is 4.79 Å². The van der Waals surface area contributed by atoms with Crippen molar-refractivity contribution < 1.29 is 9.53 Å². The Hall–Kier alpha value is -3.30. The number of H-pyrrole nitrogens is 1. The molecule has 6 nitrogen and oxygen atoms in total. The van der Waals surface area contributed by atoms with Crippen molar-refractivity contribution >= 4 is 16.8 Å². The van der Waals surface area contributed by atoms with E-state index in [1.807, 2.05) is 18.2 Å². The van der Waals surface area contributed by atoms with Crippen molar-refractivity contribution in [2.75, 3.05) is 19.6 Å². The number of hydrogen-bond acceptors (Lipinski definition) is 4. The van der Waals surface area contributed by atoms with Crippen molar-refractivity contribution in [1.29, 1.82) is 5.26 Å². The molecule has 0 spiro atoms. The third-order valence-electron chi connectivity index (χ3n) is 5.78. The maximum absolute atomic E-state index is 11.1. The molecule has 6 heteroatoms. The topological polar surface area (TPSA) is 95.1 Å². The zero-order valence-corrected chi connectivity index (χ0v) is 16.9. The van der Waals surface area contributed by atoms with Gasteiger partial charge in [0, 0.05) is 35.8 Å². The Balaban J connectivity index is 1.20. The van der Waals surface area contributed by atoms with Gasteiger partial charge in [0.25, 0.3) is 0 Å². The first-order chi connectivity index (χ1) is 14.6. The standard InChI is InChI=1S/C24H26N4O2/c25-15-19-16-27-23-14-17(3-8-22(19)23)2-1-11-28-12-9-21(10-13-28)30-20-6-4-18(5-7-20)24(26)29/h3-8,14,16,21,27H,1-2,9-13H2,(H2,26,29). The largest absolute Gasteiger partial charge is 0.490 e. The first kappa shape index (κ1) is 20.0. The van der Waals surface area contributed by atoms with Crippen molar-refractivity contribution in [1.82, 2.24) is 9.88 Å². The molecular formula is C24H26N4O2. The molecule has 3 aromatic rings. The normalized spacial score (nSPS) is 15.2. The van der Waals surface area contributed by atoms with Gasteiger partial charge in [-0.25, -0.2) is 0 Å². The first-order valence-electron chi connectivity index (χ1n) is 10.4. The fourth-order valence-corrected chi connectivity index (χ4v) is 4.07. The number of benzene rings is 2. The molecule has 154 valence electrons. The molecule has 0 saturated carbocycles. The number of primary amides is 1. The van der Waals surface area contributed by atoms with E-state index in [1.54, 1.807) is 18.3 Å². The number of aromatic nitrogens is 1. The van der Waals surface area contributed by atoms with Crippen LogP contribution >= 0.6 is 0 Å². The lowest BCUT2D eigenvalue weighted by Gasteiger charge is -2.32. The van der Waals surface area contributed by atoms with E-state index < -0.39 is 5.91 Å². The number of fused-ring (bicyclic) bond motifs is 1. The third kappa shape index (κ3) is 4.64. The van der Waals surface area contributed by atoms with Crippen LogP contribution in [0.3, 0.4) is 0 Å². The minimum absolute atomic E-state index is 0.213. The van der Waals surface area contributed by atoms with E-state index in [1.165, 1.54) is 5.56 Å². The second-order valence-corrected chi connectivity index (χ2v) is 7.85. The predicted molar refractivity (Wildman–Crippen MR) is 116 cm³/mol. The van der Waals surface area contributed by atoms with E-state index >= 15 is 0 Å². The van der Waals surface area contributed by atoms with Crippen LogP contribution in [0.15, 0.2) is 48.7 Å². The van der Waals surface area contributed by atoms with Crippen molar-refractivity contribution in [2.24, 2.45) is 5.73 Å². The second-order valence-electron chi connectivity index (χ2n) is 7.85. The average molecular weight is 402 g/mol. The van der Waals surface area contributed by atoms with Crippen LogP contribution in [0.25, 0.3) is 10.9 Å². The van der Waals surface area contributed by atoms with Gasteiger partial charge in [-0.1, -0.05) is 12.1 Å². The summed E-state index contributed by atoms with van der Waals surface area (Å²) in [5.74, 6) is 0.368. The summed E-state index contributed by atoms with van der Waals surface area (Å²) in [6.07, 6.45) is 6.13. The number of nitrogens with two attached hydrogens (primary N) is 1. The van der Waals surface area contributed by atoms with E-state index in [2.05, 4.69) is 28.1 Å². The van der Waals surface area contributed by atoms with E-state index in [0.29, 0.717) is 11.1 Å². The van der Waals surface area contributed by atoms with E-state index in [-0.39, 0.29) is 6.10 Å². The molecule has 0 unspecified atom stereocenters. The number of rotatable bonds is 7. The van der Waals surface area contributed by atoms with Gasteiger partial charge in [-0.2, -0.15) is 5.26 Å². The molecule has 3 N–H and O–H groups in total. The fourth-order valence-electron chi connectivity index (χ4n) is 4.07. The Morgan fingerprint density at radius 3 is 2.67 bits per heavy atom. The van der Waals surface area contributed by atoms with Gasteiger partial charge in [0.15, 0.2) is 0 Å². The monoisotopic (exact) mass is 402 g/mol. The molecule has 30 heavy (non-hydrogen) atoms. The number of hydrogen-bond donors (Lipinski definition) is 2. The Morgan fingerprint density at radius 2 is 1.97 bits per heavy atom. The summed E-state index contributed by atoms with van der Waals surface area (Å²) in [7, 11) is 0. The SMILES string of the molecule is N#Cc1c[nH]c2cc(CCCN3CCC(Oc4ccc(C(N)=O)cc4)CC3)ccc12. The molecule has 0 radical (unpaired) electrons. The molecule has 1 saturated heterocycles. The Morgan fingerprint density at radius 1 is 1.20 bits per heavy atom. The van der Waals surface area contributed by atoms with Crippen LogP contribution in [0.2, 0.25) is 0 Å². The molecule has 1 aromatic heterocycles. The highest BCUT2D eigenvalue weighted by atomic mass is 16.5. The highest BCUT2D eigenvalue weighted by Crippen LogP contribution is 2.21. The van der Waals surface area contributed by atoms with Gasteiger partial charge >= 0.3 is 0 Å². The van der Waals surface area contributed by atoms with Crippen molar-refractivity contribution in [3.05, 3.63) is 65.4 Å². The number of nitrogens with one attached hydrogen (secondary N) is 1. The molecule has 1 aliphatic heterocycles. The number of ether oxygens (including phenoxy) is 1. The van der Waals surface area contributed by atoms with Crippen LogP contribution in [0.4, 0.5) is 0 Å². The minimum atomic E-state index is -0.422. The highest BCUT2D eigenvalue weighted by Gasteiger charge is 2.20. The molecule has 1 aliphatic rings.